The number of halogens is 4. The lowest BCUT2D eigenvalue weighted by molar-refractivity contribution is 0.00983. The number of carbonyl (C=O) groups excluding carboxylic acids is 1. The second kappa shape index (κ2) is 18.9. The highest BCUT2D eigenvalue weighted by Gasteiger charge is 2.40. The van der Waals surface area contributed by atoms with Gasteiger partial charge in [0.1, 0.15) is 75.6 Å². The molecule has 2 aromatic carbocycles. The summed E-state index contributed by atoms with van der Waals surface area (Å²) >= 11 is 0. The molecule has 73 heavy (non-hydrogen) atoms. The molecule has 6 aromatic heterocycles. The molecule has 2 saturated heterocycles. The number of aromatic nitrogens is 12. The van der Waals surface area contributed by atoms with Crippen LogP contribution in [-0.2, 0) is 27.8 Å². The number of ether oxygens (including phenoxy) is 3. The first-order valence-electron chi connectivity index (χ1n) is 23.4. The van der Waals surface area contributed by atoms with Crippen molar-refractivity contribution in [3.8, 4) is 23.7 Å². The van der Waals surface area contributed by atoms with E-state index in [9.17, 15) is 4.79 Å². The van der Waals surface area contributed by atoms with E-state index in [2.05, 4.69) is 64.0 Å². The van der Waals surface area contributed by atoms with Crippen LogP contribution in [0.1, 0.15) is 79.9 Å². The predicted octanol–water partition coefficient (Wildman–Crippen LogP) is 5.16. The minimum atomic E-state index is -0.946. The molecule has 0 aliphatic carbocycles. The molecule has 24 heteroatoms. The summed E-state index contributed by atoms with van der Waals surface area (Å²) in [5.41, 5.74) is 12.1. The van der Waals surface area contributed by atoms with Gasteiger partial charge in [-0.05, 0) is 59.3 Å². The summed E-state index contributed by atoms with van der Waals surface area (Å²) in [6.45, 7) is 10.1. The molecule has 2 aliphatic heterocycles. The molecule has 5 N–H and O–H groups in total. The van der Waals surface area contributed by atoms with E-state index in [1.54, 1.807) is 67.3 Å². The number of anilines is 2. The molecule has 4 atom stereocenters. The number of nitrogen functional groups attached to an aromatic ring is 2. The smallest absolute Gasteiger partial charge is 0.410 e. The van der Waals surface area contributed by atoms with E-state index >= 15 is 17.6 Å². The van der Waals surface area contributed by atoms with Gasteiger partial charge < -0.3 is 45.0 Å². The monoisotopic (exact) mass is 1000 g/mol. The number of likely N-dealkylation sites (tertiary alicyclic amines) is 1. The highest BCUT2D eigenvalue weighted by molar-refractivity contribution is 5.92. The van der Waals surface area contributed by atoms with Crippen LogP contribution in [0.4, 0.5) is 34.0 Å². The van der Waals surface area contributed by atoms with Crippen LogP contribution in [0.25, 0.3) is 44.1 Å². The molecule has 1 amide bonds. The van der Waals surface area contributed by atoms with E-state index in [1.165, 1.54) is 29.7 Å². The maximum atomic E-state index is 16.3. The normalized spacial score (nSPS) is 18.0. The Bertz CT molecular complexity index is 3650. The topological polar surface area (TPSA) is 235 Å². The molecular weight excluding hydrogens is 953 g/mol. The fourth-order valence-corrected chi connectivity index (χ4v) is 9.56. The van der Waals surface area contributed by atoms with Gasteiger partial charge in [0.2, 0.25) is 0 Å². The Balaban J connectivity index is 0.879. The van der Waals surface area contributed by atoms with Crippen molar-refractivity contribution in [2.75, 3.05) is 51.5 Å². The number of hydrogen-bond donors (Lipinski definition) is 3. The van der Waals surface area contributed by atoms with Gasteiger partial charge in [-0.3, -0.25) is 0 Å². The number of methoxy groups -OCH3 is 1. The van der Waals surface area contributed by atoms with Gasteiger partial charge in [0.25, 0.3) is 0 Å². The Kier molecular flexibility index (Phi) is 12.6. The van der Waals surface area contributed by atoms with Crippen molar-refractivity contribution in [1.82, 2.24) is 68.8 Å². The molecule has 0 saturated carbocycles. The number of aryl methyl sites for hydroxylation is 3. The number of carbonyl (C=O) groups is 1. The van der Waals surface area contributed by atoms with Crippen molar-refractivity contribution < 1.29 is 36.6 Å². The lowest BCUT2D eigenvalue weighted by Crippen LogP contribution is -2.42. The Morgan fingerprint density at radius 2 is 1.37 bits per heavy atom. The van der Waals surface area contributed by atoms with Crippen LogP contribution in [-0.4, -0.2) is 127 Å². The van der Waals surface area contributed by atoms with Gasteiger partial charge in [-0.2, -0.15) is 10.2 Å². The number of rotatable bonds is 9. The molecule has 378 valence electrons. The molecule has 8 heterocycles. The van der Waals surface area contributed by atoms with Gasteiger partial charge in [0.05, 0.1) is 70.9 Å². The Morgan fingerprint density at radius 1 is 0.795 bits per heavy atom. The summed E-state index contributed by atoms with van der Waals surface area (Å²) in [5.74, 6) is 8.26. The number of nitrogens with zero attached hydrogens (tertiary/aromatic N) is 13. The zero-order valence-corrected chi connectivity index (χ0v) is 40.9. The summed E-state index contributed by atoms with van der Waals surface area (Å²) in [6.07, 6.45) is 3.01. The van der Waals surface area contributed by atoms with Crippen LogP contribution in [0.3, 0.4) is 0 Å². The summed E-state index contributed by atoms with van der Waals surface area (Å²) in [4.78, 5) is 41.1. The van der Waals surface area contributed by atoms with Gasteiger partial charge >= 0.3 is 6.09 Å². The lowest BCUT2D eigenvalue weighted by Gasteiger charge is -2.28. The van der Waals surface area contributed by atoms with Gasteiger partial charge in [-0.15, -0.1) is 0 Å². The van der Waals surface area contributed by atoms with Gasteiger partial charge in [0, 0.05) is 52.0 Å². The third-order valence-electron chi connectivity index (χ3n) is 13.1. The van der Waals surface area contributed by atoms with E-state index < -0.39 is 58.2 Å². The van der Waals surface area contributed by atoms with Crippen LogP contribution in [0.15, 0.2) is 24.8 Å². The standard InChI is InChI=1S/C49H50F4N16O4/c1-24-61-42-36(65(24)6)16-32(50)30(40(42)52)8-11-35-39-45(55)58-23-60-47(39)69(64-35)28-15-29(67(19-28)48(70)73-49(3,4)5)21-72-13-12-66-25(2)62-43-37(66)17-33(51)31(41(43)53)9-10-34-38-44(54)57-22-59-46(38)68(63-34)27-14-26(20-71-7)56-18-27/h16-17,22-23,26-29,56H,12-15,18-21H2,1-7H3,(H2,54,57,59)(H2,55,58,60)/t26-,27+,28+,29-/m1/s1. The summed E-state index contributed by atoms with van der Waals surface area (Å²) in [6, 6.07) is 1.30. The van der Waals surface area contributed by atoms with Crippen molar-refractivity contribution >= 4 is 61.9 Å². The quantitative estimate of drug-likeness (QED) is 0.0963. The number of fused-ring (bicyclic) bond motifs is 4. The van der Waals surface area contributed by atoms with Crippen LogP contribution in [0.5, 0.6) is 0 Å². The highest BCUT2D eigenvalue weighted by Crippen LogP contribution is 2.34. The van der Waals surface area contributed by atoms with E-state index in [-0.39, 0.29) is 94.5 Å². The second-order valence-corrected chi connectivity index (χ2v) is 19.1. The average molecular weight is 1000 g/mol. The number of benzene rings is 2. The Hall–Kier alpha value is -7.93. The third kappa shape index (κ3) is 8.95. The number of hydrogen-bond acceptors (Lipinski definition) is 15. The fraction of sp³-hybridized carbons (Fsp3) is 0.408. The zero-order chi connectivity index (χ0) is 51.6. The highest BCUT2D eigenvalue weighted by atomic mass is 19.1. The lowest BCUT2D eigenvalue weighted by atomic mass is 10.1. The largest absolute Gasteiger partial charge is 0.444 e. The van der Waals surface area contributed by atoms with Crippen molar-refractivity contribution in [1.29, 1.82) is 0 Å². The Labute approximate surface area is 414 Å². The molecule has 10 rings (SSSR count). The maximum absolute atomic E-state index is 16.3. The summed E-state index contributed by atoms with van der Waals surface area (Å²) < 4.78 is 87.0. The van der Waals surface area contributed by atoms with E-state index in [0.717, 1.165) is 0 Å². The average Bonchev–Trinajstić information content (AvgIpc) is 4.20. The van der Waals surface area contributed by atoms with Gasteiger partial charge in [0.15, 0.2) is 22.9 Å². The van der Waals surface area contributed by atoms with Crippen molar-refractivity contribution in [2.45, 2.75) is 83.8 Å². The molecular formula is C49H50F4N16O4. The first kappa shape index (κ1) is 48.7. The number of imidazole rings is 2. The number of amides is 1. The zero-order valence-electron chi connectivity index (χ0n) is 40.9. The van der Waals surface area contributed by atoms with E-state index in [1.807, 2.05) is 0 Å². The molecule has 8 aromatic rings. The van der Waals surface area contributed by atoms with Crippen molar-refractivity contribution in [3.05, 3.63) is 82.2 Å². The van der Waals surface area contributed by atoms with Gasteiger partial charge in [-0.1, -0.05) is 11.8 Å². The second-order valence-electron chi connectivity index (χ2n) is 19.1. The van der Waals surface area contributed by atoms with E-state index in [0.29, 0.717) is 48.7 Å². The SMILES string of the molecule is COC[C@H]1C[C@H](n2nc(C#Cc3c(F)cc4c(nc(C)n4CCOC[C@H]4C[C@H](n5nc(C#Cc6c(F)cc7c(nc(C)n7C)c6F)c6c(N)ncnc65)CN4C(=O)OC(C)(C)C)c3F)c3c(N)ncnc32)CN1. The van der Waals surface area contributed by atoms with Gasteiger partial charge in [-0.25, -0.2) is 61.6 Å². The summed E-state index contributed by atoms with van der Waals surface area (Å²) in [5, 5.41) is 13.4. The minimum absolute atomic E-state index is 0.0230. The van der Waals surface area contributed by atoms with Crippen molar-refractivity contribution in [3.63, 3.8) is 0 Å². The van der Waals surface area contributed by atoms with Crippen LogP contribution in [0.2, 0.25) is 0 Å². The third-order valence-corrected chi connectivity index (χ3v) is 13.1. The number of nitrogens with one attached hydrogen (secondary N) is 1. The fourth-order valence-electron chi connectivity index (χ4n) is 9.56. The molecule has 0 spiro atoms. The first-order chi connectivity index (χ1) is 34.9. The predicted molar refractivity (Wildman–Crippen MR) is 260 cm³/mol. The molecule has 0 bridgehead atoms. The molecule has 0 unspecified atom stereocenters. The maximum Gasteiger partial charge on any atom is 0.410 e. The van der Waals surface area contributed by atoms with Crippen LogP contribution in [0, 0.1) is 60.8 Å². The number of nitrogens with two attached hydrogens (primary N) is 2. The minimum Gasteiger partial charge on any atom is -0.444 e. The summed E-state index contributed by atoms with van der Waals surface area (Å²) in [7, 11) is 3.29. The molecule has 2 aliphatic rings. The van der Waals surface area contributed by atoms with Crippen molar-refractivity contribution in [2.24, 2.45) is 7.05 Å². The van der Waals surface area contributed by atoms with Crippen LogP contribution < -0.4 is 16.8 Å². The molecule has 20 nitrogen and oxygen atoms in total. The van der Waals surface area contributed by atoms with E-state index in [4.69, 9.17) is 30.8 Å². The Morgan fingerprint density at radius 3 is 1.97 bits per heavy atom. The molecule has 2 fully saturated rings. The first-order valence-corrected chi connectivity index (χ1v) is 23.4. The van der Waals surface area contributed by atoms with Crippen LogP contribution >= 0.6 is 0 Å². The molecule has 0 radical (unpaired) electrons.